The van der Waals surface area contributed by atoms with E-state index in [0.717, 1.165) is 0 Å². The van der Waals surface area contributed by atoms with E-state index in [0.29, 0.717) is 38.8 Å². The van der Waals surface area contributed by atoms with E-state index in [1.165, 1.54) is 34.2 Å². The summed E-state index contributed by atoms with van der Waals surface area (Å²) in [5.41, 5.74) is 0.997. The minimum atomic E-state index is -0.379. The second kappa shape index (κ2) is 8.97. The predicted molar refractivity (Wildman–Crippen MR) is 118 cm³/mol. The van der Waals surface area contributed by atoms with Crippen molar-refractivity contribution in [2.24, 2.45) is 5.10 Å². The highest BCUT2D eigenvalue weighted by atomic mass is 32.2. The number of hydrazone groups is 1. The third kappa shape index (κ3) is 4.30. The zero-order valence-corrected chi connectivity index (χ0v) is 18.1. The summed E-state index contributed by atoms with van der Waals surface area (Å²) in [6, 6.07) is 13.2. The molecule has 4 heterocycles. The first-order valence-corrected chi connectivity index (χ1v) is 11.4. The molecule has 8 nitrogen and oxygen atoms in total. The number of amides is 1. The van der Waals surface area contributed by atoms with E-state index in [2.05, 4.69) is 20.6 Å². The summed E-state index contributed by atoms with van der Waals surface area (Å²) >= 11 is 2.49. The summed E-state index contributed by atoms with van der Waals surface area (Å²) in [5, 5.41) is 17.4. The number of carbonyl (C=O) groups is 1. The first kappa shape index (κ1) is 20.5. The van der Waals surface area contributed by atoms with Gasteiger partial charge in [-0.05, 0) is 36.4 Å². The first-order chi connectivity index (χ1) is 15.7. The van der Waals surface area contributed by atoms with Gasteiger partial charge in [-0.1, -0.05) is 35.2 Å². The monoisotopic (exact) mass is 469 g/mol. The Hall–Kier alpha value is -3.44. The third-order valence-electron chi connectivity index (χ3n) is 4.68. The molecule has 0 spiro atoms. The Kier molecular flexibility index (Phi) is 5.73. The number of halogens is 1. The van der Waals surface area contributed by atoms with Gasteiger partial charge in [-0.15, -0.1) is 10.2 Å². The highest BCUT2D eigenvalue weighted by Gasteiger charge is 2.35. The Labute approximate surface area is 190 Å². The number of furan rings is 2. The number of nitrogens with one attached hydrogen (secondary N) is 1. The number of para-hydroxylation sites is 1. The number of hydrogen-bond acceptors (Lipinski definition) is 9. The van der Waals surface area contributed by atoms with Gasteiger partial charge in [-0.25, -0.2) is 9.40 Å². The predicted octanol–water partition coefficient (Wildman–Crippen LogP) is 5.08. The van der Waals surface area contributed by atoms with E-state index in [1.807, 2.05) is 12.1 Å². The van der Waals surface area contributed by atoms with Crippen LogP contribution in [0.1, 0.15) is 24.0 Å². The minimum absolute atomic E-state index is 0.112. The Morgan fingerprint density at radius 2 is 2.00 bits per heavy atom. The van der Waals surface area contributed by atoms with Crippen molar-refractivity contribution in [2.75, 3.05) is 11.1 Å². The lowest BCUT2D eigenvalue weighted by Crippen LogP contribution is -2.28. The van der Waals surface area contributed by atoms with Crippen LogP contribution in [0, 0.1) is 5.82 Å². The molecule has 0 bridgehead atoms. The van der Waals surface area contributed by atoms with Crippen LogP contribution in [-0.4, -0.2) is 32.6 Å². The van der Waals surface area contributed by atoms with E-state index in [-0.39, 0.29) is 23.5 Å². The maximum absolute atomic E-state index is 13.8. The SMILES string of the molecule is O=C(CSc1nnc(Nc2ccccc2F)s1)N1N=C(c2ccco2)CC1c1ccco1. The molecular formula is C21H16FN5O3S2. The highest BCUT2D eigenvalue weighted by molar-refractivity contribution is 8.01. The van der Waals surface area contributed by atoms with Crippen molar-refractivity contribution in [3.8, 4) is 0 Å². The molecule has 0 saturated heterocycles. The van der Waals surface area contributed by atoms with Gasteiger partial charge < -0.3 is 14.2 Å². The standard InChI is InChI=1S/C21H16FN5O3S2/c22-13-5-1-2-6-14(13)23-20-24-25-21(32-20)31-12-19(28)27-16(18-8-4-10-30-18)11-15(26-27)17-7-3-9-29-17/h1-10,16H,11-12H2,(H,23,24). The molecule has 1 unspecified atom stereocenters. The highest BCUT2D eigenvalue weighted by Crippen LogP contribution is 2.35. The lowest BCUT2D eigenvalue weighted by molar-refractivity contribution is -0.130. The number of thioether (sulfide) groups is 1. The van der Waals surface area contributed by atoms with Crippen molar-refractivity contribution in [1.82, 2.24) is 15.2 Å². The van der Waals surface area contributed by atoms with E-state index in [4.69, 9.17) is 8.83 Å². The van der Waals surface area contributed by atoms with E-state index >= 15 is 0 Å². The number of anilines is 2. The lowest BCUT2D eigenvalue weighted by Gasteiger charge is -2.19. The van der Waals surface area contributed by atoms with Gasteiger partial charge >= 0.3 is 0 Å². The molecule has 1 atom stereocenters. The maximum Gasteiger partial charge on any atom is 0.253 e. The topological polar surface area (TPSA) is 96.8 Å². The molecule has 0 saturated carbocycles. The summed E-state index contributed by atoms with van der Waals surface area (Å²) in [6.07, 6.45) is 3.64. The molecule has 1 aliphatic rings. The number of nitrogens with zero attached hydrogens (tertiary/aromatic N) is 4. The van der Waals surface area contributed by atoms with Crippen LogP contribution in [-0.2, 0) is 4.79 Å². The second-order valence-electron chi connectivity index (χ2n) is 6.76. The fourth-order valence-electron chi connectivity index (χ4n) is 3.22. The fraction of sp³-hybridized carbons (Fsp3) is 0.143. The number of aromatic nitrogens is 2. The summed E-state index contributed by atoms with van der Waals surface area (Å²) < 4.78 is 25.4. The number of rotatable bonds is 7. The Morgan fingerprint density at radius 3 is 2.78 bits per heavy atom. The molecule has 1 amide bonds. The van der Waals surface area contributed by atoms with Gasteiger partial charge in [-0.2, -0.15) is 5.10 Å². The van der Waals surface area contributed by atoms with E-state index in [1.54, 1.807) is 42.9 Å². The summed E-state index contributed by atoms with van der Waals surface area (Å²) in [4.78, 5) is 13.0. The summed E-state index contributed by atoms with van der Waals surface area (Å²) in [6.45, 7) is 0. The van der Waals surface area contributed by atoms with Crippen LogP contribution in [0.4, 0.5) is 15.2 Å². The summed E-state index contributed by atoms with van der Waals surface area (Å²) in [5.74, 6) is 0.811. The molecule has 1 aromatic carbocycles. The molecule has 4 aromatic rings. The quantitative estimate of drug-likeness (QED) is 0.377. The van der Waals surface area contributed by atoms with Gasteiger partial charge in [0.15, 0.2) is 4.34 Å². The Bertz CT molecular complexity index is 1240. The molecule has 5 rings (SSSR count). The molecule has 3 aromatic heterocycles. The largest absolute Gasteiger partial charge is 0.467 e. The average Bonchev–Trinajstić information content (AvgIpc) is 3.60. The summed E-state index contributed by atoms with van der Waals surface area (Å²) in [7, 11) is 0. The van der Waals surface area contributed by atoms with Crippen LogP contribution in [0.25, 0.3) is 0 Å². The number of benzene rings is 1. The molecule has 0 aliphatic carbocycles. The lowest BCUT2D eigenvalue weighted by atomic mass is 10.1. The van der Waals surface area contributed by atoms with Gasteiger partial charge in [-0.3, -0.25) is 4.79 Å². The van der Waals surface area contributed by atoms with Crippen LogP contribution in [0.15, 0.2) is 79.3 Å². The van der Waals surface area contributed by atoms with Crippen LogP contribution >= 0.6 is 23.1 Å². The minimum Gasteiger partial charge on any atom is -0.467 e. The van der Waals surface area contributed by atoms with Crippen LogP contribution in [0.5, 0.6) is 0 Å². The van der Waals surface area contributed by atoms with Crippen LogP contribution in [0.2, 0.25) is 0 Å². The molecule has 11 heteroatoms. The van der Waals surface area contributed by atoms with Crippen molar-refractivity contribution < 1.29 is 18.0 Å². The molecule has 1 aliphatic heterocycles. The van der Waals surface area contributed by atoms with E-state index < -0.39 is 0 Å². The smallest absolute Gasteiger partial charge is 0.253 e. The molecule has 0 radical (unpaired) electrons. The molecule has 1 N–H and O–H groups in total. The molecular weight excluding hydrogens is 453 g/mol. The first-order valence-electron chi connectivity index (χ1n) is 9.62. The molecule has 0 fully saturated rings. The van der Waals surface area contributed by atoms with Crippen LogP contribution < -0.4 is 5.32 Å². The van der Waals surface area contributed by atoms with Gasteiger partial charge in [0.1, 0.15) is 29.1 Å². The van der Waals surface area contributed by atoms with Gasteiger partial charge in [0, 0.05) is 6.42 Å². The Morgan fingerprint density at radius 1 is 1.16 bits per heavy atom. The maximum atomic E-state index is 13.8. The van der Waals surface area contributed by atoms with Crippen molar-refractivity contribution in [3.05, 3.63) is 78.4 Å². The van der Waals surface area contributed by atoms with Gasteiger partial charge in [0.25, 0.3) is 5.91 Å². The van der Waals surface area contributed by atoms with Crippen molar-refractivity contribution >= 4 is 45.5 Å². The molecule has 32 heavy (non-hydrogen) atoms. The third-order valence-corrected chi connectivity index (χ3v) is 6.64. The number of hydrogen-bond donors (Lipinski definition) is 1. The van der Waals surface area contributed by atoms with Gasteiger partial charge in [0.2, 0.25) is 5.13 Å². The zero-order chi connectivity index (χ0) is 21.9. The second-order valence-corrected chi connectivity index (χ2v) is 8.96. The molecule has 162 valence electrons. The zero-order valence-electron chi connectivity index (χ0n) is 16.5. The number of carbonyl (C=O) groups excluding carboxylic acids is 1. The van der Waals surface area contributed by atoms with Crippen LogP contribution in [0.3, 0.4) is 0 Å². The van der Waals surface area contributed by atoms with Crippen molar-refractivity contribution in [1.29, 1.82) is 0 Å². The Balaban J connectivity index is 1.26. The van der Waals surface area contributed by atoms with Gasteiger partial charge in [0.05, 0.1) is 24.0 Å². The average molecular weight is 470 g/mol. The normalized spacial score (nSPS) is 15.7. The van der Waals surface area contributed by atoms with Crippen molar-refractivity contribution in [3.63, 3.8) is 0 Å². The fourth-order valence-corrected chi connectivity index (χ4v) is 4.84. The van der Waals surface area contributed by atoms with Crippen molar-refractivity contribution in [2.45, 2.75) is 16.8 Å². The van der Waals surface area contributed by atoms with E-state index in [9.17, 15) is 9.18 Å².